The highest BCUT2D eigenvalue weighted by molar-refractivity contribution is 9.10. The third-order valence-corrected chi connectivity index (χ3v) is 3.64. The third kappa shape index (κ3) is 3.19. The van der Waals surface area contributed by atoms with Crippen molar-refractivity contribution in [2.45, 2.75) is 0 Å². The fourth-order valence-corrected chi connectivity index (χ4v) is 2.24. The molecular weight excluding hydrogens is 381 g/mol. The third-order valence-electron chi connectivity index (χ3n) is 2.41. The second kappa shape index (κ2) is 5.79. The average Bonchev–Trinajstić information content (AvgIpc) is 2.38. The topological polar surface area (TPSA) is 44.5 Å². The van der Waals surface area contributed by atoms with E-state index in [0.29, 0.717) is 26.1 Å². The van der Waals surface area contributed by atoms with Crippen molar-refractivity contribution in [2.24, 2.45) is 0 Å². The van der Waals surface area contributed by atoms with Crippen molar-refractivity contribution in [3.05, 3.63) is 45.1 Å². The minimum Gasteiger partial charge on any atom is -0.497 e. The van der Waals surface area contributed by atoms with E-state index in [9.17, 15) is 4.39 Å². The molecule has 0 saturated heterocycles. The summed E-state index contributed by atoms with van der Waals surface area (Å²) in [6.45, 7) is 0. The summed E-state index contributed by atoms with van der Waals surface area (Å²) in [5.41, 5.74) is 6.13. The highest BCUT2D eigenvalue weighted by atomic mass is 79.9. The Bertz CT molecular complexity index is 620. The Labute approximate surface area is 126 Å². The molecule has 2 aromatic rings. The lowest BCUT2D eigenvalue weighted by Crippen LogP contribution is -1.95. The van der Waals surface area contributed by atoms with E-state index in [4.69, 9.17) is 15.2 Å². The van der Waals surface area contributed by atoms with Gasteiger partial charge >= 0.3 is 0 Å². The zero-order valence-electron chi connectivity index (χ0n) is 9.91. The van der Waals surface area contributed by atoms with Crippen LogP contribution in [0, 0.1) is 5.82 Å². The van der Waals surface area contributed by atoms with Crippen LogP contribution in [0.5, 0.6) is 17.2 Å². The maximum Gasteiger partial charge on any atom is 0.153 e. The summed E-state index contributed by atoms with van der Waals surface area (Å²) in [6, 6.07) is 7.90. The second-order valence-corrected chi connectivity index (χ2v) is 5.41. The van der Waals surface area contributed by atoms with Gasteiger partial charge in [0.05, 0.1) is 21.7 Å². The number of ether oxygens (including phenoxy) is 2. The molecule has 0 radical (unpaired) electrons. The highest BCUT2D eigenvalue weighted by Crippen LogP contribution is 2.36. The molecule has 0 bridgehead atoms. The van der Waals surface area contributed by atoms with Gasteiger partial charge in [-0.2, -0.15) is 0 Å². The van der Waals surface area contributed by atoms with Crippen LogP contribution in [0.2, 0.25) is 0 Å². The van der Waals surface area contributed by atoms with Gasteiger partial charge in [0, 0.05) is 6.07 Å². The van der Waals surface area contributed by atoms with E-state index in [1.807, 2.05) is 0 Å². The average molecular weight is 391 g/mol. The first kappa shape index (κ1) is 14.1. The number of anilines is 1. The molecule has 19 heavy (non-hydrogen) atoms. The zero-order valence-corrected chi connectivity index (χ0v) is 13.1. The number of hydrogen-bond donors (Lipinski definition) is 1. The summed E-state index contributed by atoms with van der Waals surface area (Å²) in [5.74, 6) is 1.03. The molecule has 0 aliphatic rings. The Kier molecular flexibility index (Phi) is 4.31. The Hall–Kier alpha value is -1.27. The van der Waals surface area contributed by atoms with Crippen LogP contribution in [0.1, 0.15) is 0 Å². The van der Waals surface area contributed by atoms with Crippen LogP contribution in [0.25, 0.3) is 0 Å². The van der Waals surface area contributed by atoms with Crippen molar-refractivity contribution >= 4 is 37.5 Å². The van der Waals surface area contributed by atoms with Crippen molar-refractivity contribution in [3.63, 3.8) is 0 Å². The Morgan fingerprint density at radius 2 is 1.79 bits per heavy atom. The lowest BCUT2D eigenvalue weighted by Gasteiger charge is -2.11. The predicted molar refractivity (Wildman–Crippen MR) is 79.3 cm³/mol. The molecule has 0 spiro atoms. The lowest BCUT2D eigenvalue weighted by molar-refractivity contribution is 0.412. The van der Waals surface area contributed by atoms with Crippen LogP contribution in [0.3, 0.4) is 0 Å². The molecule has 0 unspecified atom stereocenters. The monoisotopic (exact) mass is 389 g/mol. The van der Waals surface area contributed by atoms with Crippen molar-refractivity contribution in [1.82, 2.24) is 0 Å². The smallest absolute Gasteiger partial charge is 0.153 e. The Morgan fingerprint density at radius 1 is 1.05 bits per heavy atom. The number of benzene rings is 2. The number of hydrogen-bond acceptors (Lipinski definition) is 3. The normalized spacial score (nSPS) is 10.3. The summed E-state index contributed by atoms with van der Waals surface area (Å²) >= 11 is 6.42. The van der Waals surface area contributed by atoms with E-state index in [-0.39, 0.29) is 5.75 Å². The predicted octanol–water partition coefficient (Wildman–Crippen LogP) is 4.73. The van der Waals surface area contributed by atoms with E-state index < -0.39 is 5.82 Å². The van der Waals surface area contributed by atoms with Gasteiger partial charge in [-0.3, -0.25) is 0 Å². The van der Waals surface area contributed by atoms with Crippen molar-refractivity contribution in [2.75, 3.05) is 12.8 Å². The van der Waals surface area contributed by atoms with E-state index in [1.165, 1.54) is 12.1 Å². The number of halogens is 3. The first-order chi connectivity index (χ1) is 9.01. The molecule has 0 saturated carbocycles. The molecule has 100 valence electrons. The molecule has 0 aromatic heterocycles. The fourth-order valence-electron chi connectivity index (χ4n) is 1.44. The molecule has 2 aromatic carbocycles. The minimum atomic E-state index is -0.436. The molecule has 0 amide bonds. The van der Waals surface area contributed by atoms with Crippen LogP contribution in [0.4, 0.5) is 10.1 Å². The molecule has 0 fully saturated rings. The van der Waals surface area contributed by atoms with Crippen molar-refractivity contribution in [1.29, 1.82) is 0 Å². The summed E-state index contributed by atoms with van der Waals surface area (Å²) < 4.78 is 25.1. The van der Waals surface area contributed by atoms with E-state index >= 15 is 0 Å². The zero-order chi connectivity index (χ0) is 14.0. The van der Waals surface area contributed by atoms with E-state index in [0.717, 1.165) is 0 Å². The van der Waals surface area contributed by atoms with Gasteiger partial charge in [0.25, 0.3) is 0 Å². The molecule has 6 heteroatoms. The standard InChI is InChI=1S/C13H10Br2FNO2/c1-18-7-2-3-12(9(15)4-7)19-13-6-10(16)8(14)5-11(13)17/h2-6H,17H2,1H3. The molecule has 0 aliphatic heterocycles. The first-order valence-corrected chi connectivity index (χ1v) is 6.85. The molecule has 0 atom stereocenters. The second-order valence-electron chi connectivity index (χ2n) is 3.70. The number of nitrogens with two attached hydrogens (primary N) is 1. The van der Waals surface area contributed by atoms with E-state index in [2.05, 4.69) is 31.9 Å². The maximum absolute atomic E-state index is 13.5. The molecule has 2 rings (SSSR count). The van der Waals surface area contributed by atoms with Crippen LogP contribution in [-0.4, -0.2) is 7.11 Å². The molecule has 2 N–H and O–H groups in total. The minimum absolute atomic E-state index is 0.256. The summed E-state index contributed by atoms with van der Waals surface area (Å²) in [6.07, 6.45) is 0. The fraction of sp³-hybridized carbons (Fsp3) is 0.0769. The molecular formula is C13H10Br2FNO2. The Morgan fingerprint density at radius 3 is 2.42 bits per heavy atom. The van der Waals surface area contributed by atoms with Crippen molar-refractivity contribution < 1.29 is 13.9 Å². The number of methoxy groups -OCH3 is 1. The van der Waals surface area contributed by atoms with Gasteiger partial charge in [-0.15, -0.1) is 0 Å². The van der Waals surface area contributed by atoms with E-state index in [1.54, 1.807) is 25.3 Å². The summed E-state index contributed by atoms with van der Waals surface area (Å²) in [5, 5.41) is 0. The SMILES string of the molecule is COc1ccc(Oc2cc(F)c(Br)cc2N)c(Br)c1. The molecule has 3 nitrogen and oxygen atoms in total. The largest absolute Gasteiger partial charge is 0.497 e. The molecule has 0 aliphatic carbocycles. The number of rotatable bonds is 3. The van der Waals surface area contributed by atoms with Gasteiger partial charge in [-0.1, -0.05) is 0 Å². The van der Waals surface area contributed by atoms with Gasteiger partial charge in [-0.25, -0.2) is 4.39 Å². The summed E-state index contributed by atoms with van der Waals surface area (Å²) in [7, 11) is 1.57. The number of nitrogen functional groups attached to an aromatic ring is 1. The van der Waals surface area contributed by atoms with Gasteiger partial charge in [0.15, 0.2) is 5.75 Å². The first-order valence-electron chi connectivity index (χ1n) is 5.27. The maximum atomic E-state index is 13.5. The van der Waals surface area contributed by atoms with Gasteiger partial charge < -0.3 is 15.2 Å². The van der Waals surface area contributed by atoms with Crippen molar-refractivity contribution in [3.8, 4) is 17.2 Å². The lowest BCUT2D eigenvalue weighted by atomic mass is 10.3. The van der Waals surface area contributed by atoms with Gasteiger partial charge in [0.1, 0.15) is 17.3 Å². The highest BCUT2D eigenvalue weighted by Gasteiger charge is 2.10. The quantitative estimate of drug-likeness (QED) is 0.770. The van der Waals surface area contributed by atoms with Crippen LogP contribution >= 0.6 is 31.9 Å². The van der Waals surface area contributed by atoms with Gasteiger partial charge in [-0.05, 0) is 56.1 Å². The summed E-state index contributed by atoms with van der Waals surface area (Å²) in [4.78, 5) is 0. The Balaban J connectivity index is 2.33. The van der Waals surface area contributed by atoms with Crippen LogP contribution in [-0.2, 0) is 0 Å². The van der Waals surface area contributed by atoms with Gasteiger partial charge in [0.2, 0.25) is 0 Å². The van der Waals surface area contributed by atoms with Crippen LogP contribution in [0.15, 0.2) is 39.3 Å². The molecule has 0 heterocycles. The van der Waals surface area contributed by atoms with Crippen LogP contribution < -0.4 is 15.2 Å².